The summed E-state index contributed by atoms with van der Waals surface area (Å²) in [7, 11) is 0. The van der Waals surface area contributed by atoms with Crippen LogP contribution >= 0.6 is 0 Å². The van der Waals surface area contributed by atoms with E-state index in [9.17, 15) is 18.3 Å². The van der Waals surface area contributed by atoms with E-state index in [0.29, 0.717) is 30.0 Å². The minimum absolute atomic E-state index is 0.0683. The zero-order chi connectivity index (χ0) is 24.1. The quantitative estimate of drug-likeness (QED) is 0.486. The first-order chi connectivity index (χ1) is 16.0. The highest BCUT2D eigenvalue weighted by molar-refractivity contribution is 6.02. The van der Waals surface area contributed by atoms with E-state index in [1.54, 1.807) is 49.7 Å². The molecule has 1 aliphatic carbocycles. The molecule has 176 valence electrons. The van der Waals surface area contributed by atoms with Crippen molar-refractivity contribution in [2.75, 3.05) is 0 Å². The Labute approximate surface area is 193 Å². The number of para-hydroxylation sites is 1. The Morgan fingerprint density at radius 2 is 1.85 bits per heavy atom. The van der Waals surface area contributed by atoms with E-state index in [4.69, 9.17) is 10.6 Å². The van der Waals surface area contributed by atoms with Gasteiger partial charge in [-0.3, -0.25) is 4.99 Å². The van der Waals surface area contributed by atoms with Gasteiger partial charge in [0.1, 0.15) is 34.7 Å². The number of hydrogen-bond donors (Lipinski definition) is 2. The van der Waals surface area contributed by atoms with Crippen LogP contribution in [0, 0.1) is 5.92 Å². The van der Waals surface area contributed by atoms with E-state index in [0.717, 1.165) is 6.07 Å². The second-order valence-corrected chi connectivity index (χ2v) is 8.78. The smallest absolute Gasteiger partial charge is 0.457 e. The highest BCUT2D eigenvalue weighted by Gasteiger charge is 2.51. The molecule has 2 aromatic carbocycles. The lowest BCUT2D eigenvalue weighted by Crippen LogP contribution is -2.53. The molecule has 3 N–H and O–H groups in total. The van der Waals surface area contributed by atoms with Crippen molar-refractivity contribution in [3.05, 3.63) is 77.9 Å². The predicted molar refractivity (Wildman–Crippen MR) is 119 cm³/mol. The Morgan fingerprint density at radius 1 is 1.12 bits per heavy atom. The summed E-state index contributed by atoms with van der Waals surface area (Å²) in [6.07, 6.45) is 0.561. The lowest BCUT2D eigenvalue weighted by Gasteiger charge is -2.40. The number of aliphatic imine (C=N–C) groups is 2. The SMILES string of the molecule is CC1(O)CC(C2=C3C=NC=C[N+]3(N)C(c3ccc(Oc4ccccc4)cc3OC(F)(F)F)=N2)C1. The fraction of sp³-hybridized carbons (Fsp3) is 0.250. The molecule has 1 unspecified atom stereocenters. The van der Waals surface area contributed by atoms with Gasteiger partial charge in [-0.2, -0.15) is 10.8 Å². The molecule has 10 heteroatoms. The molecule has 34 heavy (non-hydrogen) atoms. The number of nitrogens with zero attached hydrogens (tertiary/aromatic N) is 3. The third kappa shape index (κ3) is 4.11. The number of ether oxygens (including phenoxy) is 2. The summed E-state index contributed by atoms with van der Waals surface area (Å²) in [6.45, 7) is 1.73. The van der Waals surface area contributed by atoms with Crippen molar-refractivity contribution in [3.8, 4) is 17.2 Å². The van der Waals surface area contributed by atoms with Crippen LogP contribution in [0.5, 0.6) is 17.2 Å². The standard InChI is InChI=1S/C24H22F3N4O3/c1-23(32)12-15(13-23)21-19-14-29-9-10-31(19,28)22(30-21)18-8-7-17(11-20(18)34-24(25,26)27)33-16-5-3-2-4-6-16/h2-11,14-15,32H,12-13,28H2,1H3/q+1. The fourth-order valence-electron chi connectivity index (χ4n) is 4.47. The van der Waals surface area contributed by atoms with Crippen LogP contribution < -0.4 is 15.3 Å². The number of alkyl halides is 3. The number of hydrogen-bond acceptors (Lipinski definition) is 6. The van der Waals surface area contributed by atoms with Gasteiger partial charge < -0.3 is 14.6 Å². The van der Waals surface area contributed by atoms with Gasteiger partial charge in [0.25, 0.3) is 5.84 Å². The summed E-state index contributed by atoms with van der Waals surface area (Å²) in [5, 5.41) is 10.2. The van der Waals surface area contributed by atoms with E-state index in [-0.39, 0.29) is 23.1 Å². The maximum atomic E-state index is 13.3. The van der Waals surface area contributed by atoms with E-state index >= 15 is 0 Å². The van der Waals surface area contributed by atoms with Crippen molar-refractivity contribution in [3.63, 3.8) is 0 Å². The number of benzene rings is 2. The number of fused-ring (bicyclic) bond motifs is 1. The third-order valence-electron chi connectivity index (χ3n) is 5.98. The van der Waals surface area contributed by atoms with Crippen LogP contribution in [0.3, 0.4) is 0 Å². The second-order valence-electron chi connectivity index (χ2n) is 8.78. The zero-order valence-corrected chi connectivity index (χ0v) is 18.2. The first-order valence-corrected chi connectivity index (χ1v) is 10.6. The van der Waals surface area contributed by atoms with Crippen LogP contribution in [0.15, 0.2) is 82.3 Å². The number of halogens is 3. The monoisotopic (exact) mass is 471 g/mol. The van der Waals surface area contributed by atoms with Crippen LogP contribution in [0.2, 0.25) is 0 Å². The highest BCUT2D eigenvalue weighted by atomic mass is 19.4. The molecule has 0 spiro atoms. The van der Waals surface area contributed by atoms with E-state index in [1.165, 1.54) is 18.3 Å². The van der Waals surface area contributed by atoms with Crippen molar-refractivity contribution < 1.29 is 32.3 Å². The van der Waals surface area contributed by atoms with Crippen molar-refractivity contribution in [1.29, 1.82) is 0 Å². The molecule has 0 radical (unpaired) electrons. The minimum atomic E-state index is -4.94. The molecular formula is C24H22F3N4O3+. The normalized spacial score (nSPS) is 27.8. The van der Waals surface area contributed by atoms with Crippen molar-refractivity contribution in [2.24, 2.45) is 21.7 Å². The van der Waals surface area contributed by atoms with Gasteiger partial charge in [0, 0.05) is 12.0 Å². The number of nitrogens with two attached hydrogens (primary N) is 1. The van der Waals surface area contributed by atoms with Crippen molar-refractivity contribution in [1.82, 2.24) is 0 Å². The molecule has 3 aliphatic rings. The van der Waals surface area contributed by atoms with E-state index in [2.05, 4.69) is 14.7 Å². The Hall–Kier alpha value is -3.47. The first-order valence-electron chi connectivity index (χ1n) is 10.6. The molecule has 1 fully saturated rings. The van der Waals surface area contributed by atoms with Gasteiger partial charge in [-0.25, -0.2) is 0 Å². The second kappa shape index (κ2) is 7.79. The average molecular weight is 471 g/mol. The summed E-state index contributed by atoms with van der Waals surface area (Å²) in [4.78, 5) is 8.81. The number of rotatable bonds is 5. The molecule has 0 amide bonds. The topological polar surface area (TPSA) is 89.4 Å². The van der Waals surface area contributed by atoms with Gasteiger partial charge in [-0.15, -0.1) is 17.8 Å². The maximum absolute atomic E-state index is 13.3. The van der Waals surface area contributed by atoms with Gasteiger partial charge in [0.05, 0.1) is 18.0 Å². The number of quaternary nitrogens is 1. The van der Waals surface area contributed by atoms with E-state index in [1.807, 2.05) is 0 Å². The molecular weight excluding hydrogens is 449 g/mol. The van der Waals surface area contributed by atoms with Gasteiger partial charge in [-0.1, -0.05) is 18.2 Å². The number of aliphatic hydroxyl groups is 1. The predicted octanol–water partition coefficient (Wildman–Crippen LogP) is 4.76. The van der Waals surface area contributed by atoms with Gasteiger partial charge in [-0.05, 0) is 44.0 Å². The van der Waals surface area contributed by atoms with E-state index < -0.39 is 22.3 Å². The molecule has 2 aliphatic heterocycles. The molecule has 1 saturated carbocycles. The van der Waals surface area contributed by atoms with Gasteiger partial charge in [0.2, 0.25) is 5.70 Å². The molecule has 2 heterocycles. The number of amidine groups is 1. The molecule has 2 aromatic rings. The molecule has 0 bridgehead atoms. The molecule has 0 aromatic heterocycles. The van der Waals surface area contributed by atoms with Crippen molar-refractivity contribution >= 4 is 12.1 Å². The van der Waals surface area contributed by atoms with Gasteiger partial charge in [0.15, 0.2) is 0 Å². The molecule has 7 nitrogen and oxygen atoms in total. The van der Waals surface area contributed by atoms with Crippen LogP contribution in [0.25, 0.3) is 0 Å². The molecule has 0 saturated heterocycles. The zero-order valence-electron chi connectivity index (χ0n) is 18.2. The Kier molecular flexibility index (Phi) is 5.12. The van der Waals surface area contributed by atoms with Gasteiger partial charge >= 0.3 is 6.36 Å². The summed E-state index contributed by atoms with van der Waals surface area (Å²) < 4.78 is 49.6. The largest absolute Gasteiger partial charge is 0.573 e. The summed E-state index contributed by atoms with van der Waals surface area (Å²) in [5.41, 5.74) is 0.391. The minimum Gasteiger partial charge on any atom is -0.457 e. The molecule has 5 rings (SSSR count). The fourth-order valence-corrected chi connectivity index (χ4v) is 4.47. The average Bonchev–Trinajstić information content (AvgIpc) is 3.04. The summed E-state index contributed by atoms with van der Waals surface area (Å²) in [6, 6.07) is 12.8. The lowest BCUT2D eigenvalue weighted by atomic mass is 9.70. The summed E-state index contributed by atoms with van der Waals surface area (Å²) >= 11 is 0. The maximum Gasteiger partial charge on any atom is 0.573 e. The Balaban J connectivity index is 1.56. The summed E-state index contributed by atoms with van der Waals surface area (Å²) in [5.74, 6) is 6.86. The highest BCUT2D eigenvalue weighted by Crippen LogP contribution is 2.47. The number of allylic oxidation sites excluding steroid dienone is 2. The van der Waals surface area contributed by atoms with Crippen molar-refractivity contribution in [2.45, 2.75) is 31.7 Å². The Morgan fingerprint density at radius 3 is 2.53 bits per heavy atom. The third-order valence-corrected chi connectivity index (χ3v) is 5.98. The van der Waals surface area contributed by atoms with Crippen LogP contribution in [-0.4, -0.2) is 33.7 Å². The lowest BCUT2D eigenvalue weighted by molar-refractivity contribution is -0.750. The van der Waals surface area contributed by atoms with Crippen LogP contribution in [0.4, 0.5) is 13.2 Å². The first kappa shape index (κ1) is 22.3. The van der Waals surface area contributed by atoms with Crippen LogP contribution in [-0.2, 0) is 0 Å². The van der Waals surface area contributed by atoms with Crippen LogP contribution in [0.1, 0.15) is 25.3 Å². The molecule has 1 atom stereocenters. The Bertz CT molecular complexity index is 1240.